The first kappa shape index (κ1) is 21.5. The molecule has 0 bridgehead atoms. The van der Waals surface area contributed by atoms with E-state index in [9.17, 15) is 4.79 Å². The van der Waals surface area contributed by atoms with Crippen molar-refractivity contribution in [1.29, 1.82) is 0 Å². The molecule has 0 aliphatic rings. The van der Waals surface area contributed by atoms with Crippen LogP contribution >= 0.6 is 11.8 Å². The van der Waals surface area contributed by atoms with E-state index in [0.717, 1.165) is 17.5 Å². The van der Waals surface area contributed by atoms with Gasteiger partial charge in [-0.1, -0.05) is 41.6 Å². The van der Waals surface area contributed by atoms with Gasteiger partial charge in [-0.15, -0.1) is 10.2 Å². The molecule has 0 saturated carbocycles. The highest BCUT2D eigenvalue weighted by Crippen LogP contribution is 2.30. The number of aromatic nitrogens is 2. The lowest BCUT2D eigenvalue weighted by atomic mass is 10.2. The SMILES string of the molecule is COc1ccccc1-c1nnc(SCC(=O)Nc2ccc(Oc3ccc(C)cc3)cc2)o1. The van der Waals surface area contributed by atoms with Gasteiger partial charge in [-0.2, -0.15) is 0 Å². The molecule has 0 aliphatic heterocycles. The van der Waals surface area contributed by atoms with Crippen molar-refractivity contribution in [2.45, 2.75) is 12.1 Å². The summed E-state index contributed by atoms with van der Waals surface area (Å²) in [5.74, 6) is 2.38. The maximum absolute atomic E-state index is 12.3. The molecule has 0 aliphatic carbocycles. The molecule has 0 radical (unpaired) electrons. The average molecular weight is 448 g/mol. The molecule has 0 atom stereocenters. The smallest absolute Gasteiger partial charge is 0.277 e. The van der Waals surface area contributed by atoms with E-state index >= 15 is 0 Å². The third-order valence-electron chi connectivity index (χ3n) is 4.47. The second-order valence-electron chi connectivity index (χ2n) is 6.85. The minimum atomic E-state index is -0.181. The molecule has 32 heavy (non-hydrogen) atoms. The van der Waals surface area contributed by atoms with Crippen molar-refractivity contribution < 1.29 is 18.7 Å². The van der Waals surface area contributed by atoms with Crippen molar-refractivity contribution in [3.63, 3.8) is 0 Å². The number of rotatable bonds is 8. The zero-order chi connectivity index (χ0) is 22.3. The number of carbonyl (C=O) groups excluding carboxylic acids is 1. The lowest BCUT2D eigenvalue weighted by Gasteiger charge is -2.08. The summed E-state index contributed by atoms with van der Waals surface area (Å²) in [6.07, 6.45) is 0. The highest BCUT2D eigenvalue weighted by Gasteiger charge is 2.14. The van der Waals surface area contributed by atoms with Gasteiger partial charge >= 0.3 is 0 Å². The number of para-hydroxylation sites is 1. The molecule has 0 fully saturated rings. The Labute approximate surface area is 189 Å². The van der Waals surface area contributed by atoms with Crippen LogP contribution in [0.3, 0.4) is 0 Å². The third-order valence-corrected chi connectivity index (χ3v) is 5.28. The van der Waals surface area contributed by atoms with Gasteiger partial charge in [0.1, 0.15) is 17.2 Å². The van der Waals surface area contributed by atoms with Crippen molar-refractivity contribution in [3.8, 4) is 28.7 Å². The lowest BCUT2D eigenvalue weighted by molar-refractivity contribution is -0.113. The fourth-order valence-electron chi connectivity index (χ4n) is 2.87. The van der Waals surface area contributed by atoms with Gasteiger partial charge < -0.3 is 19.2 Å². The molecule has 4 aromatic rings. The van der Waals surface area contributed by atoms with Crippen molar-refractivity contribution in [2.75, 3.05) is 18.2 Å². The van der Waals surface area contributed by atoms with Crippen LogP contribution in [0.15, 0.2) is 82.4 Å². The maximum Gasteiger partial charge on any atom is 0.277 e. The van der Waals surface area contributed by atoms with Crippen molar-refractivity contribution in [1.82, 2.24) is 10.2 Å². The Hall–Kier alpha value is -3.78. The largest absolute Gasteiger partial charge is 0.496 e. The van der Waals surface area contributed by atoms with Gasteiger partial charge in [-0.25, -0.2) is 0 Å². The molecule has 0 spiro atoms. The number of anilines is 1. The van der Waals surface area contributed by atoms with Gasteiger partial charge in [0, 0.05) is 5.69 Å². The maximum atomic E-state index is 12.3. The van der Waals surface area contributed by atoms with E-state index in [4.69, 9.17) is 13.9 Å². The Morgan fingerprint density at radius 2 is 1.66 bits per heavy atom. The number of hydrogen-bond donors (Lipinski definition) is 1. The molecule has 162 valence electrons. The lowest BCUT2D eigenvalue weighted by Crippen LogP contribution is -2.13. The highest BCUT2D eigenvalue weighted by molar-refractivity contribution is 7.99. The second kappa shape index (κ2) is 10.0. The Balaban J connectivity index is 1.30. The van der Waals surface area contributed by atoms with E-state index in [1.54, 1.807) is 31.4 Å². The molecule has 1 amide bonds. The molecule has 0 unspecified atom stereocenters. The number of thioether (sulfide) groups is 1. The third kappa shape index (κ3) is 5.47. The summed E-state index contributed by atoms with van der Waals surface area (Å²) in [5.41, 5.74) is 2.55. The van der Waals surface area contributed by atoms with Crippen LogP contribution in [0.1, 0.15) is 5.56 Å². The van der Waals surface area contributed by atoms with Crippen LogP contribution in [0, 0.1) is 6.92 Å². The Bertz CT molecular complexity index is 1190. The number of aryl methyl sites for hydroxylation is 1. The fraction of sp³-hybridized carbons (Fsp3) is 0.125. The van der Waals surface area contributed by atoms with E-state index in [-0.39, 0.29) is 11.7 Å². The number of amides is 1. The number of carbonyl (C=O) groups is 1. The minimum Gasteiger partial charge on any atom is -0.496 e. The first-order chi connectivity index (χ1) is 15.6. The van der Waals surface area contributed by atoms with Crippen LogP contribution in [0.5, 0.6) is 17.2 Å². The van der Waals surface area contributed by atoms with E-state index in [2.05, 4.69) is 15.5 Å². The number of nitrogens with zero attached hydrogens (tertiary/aromatic N) is 2. The van der Waals surface area contributed by atoms with E-state index in [0.29, 0.717) is 33.9 Å². The minimum absolute atomic E-state index is 0.134. The summed E-state index contributed by atoms with van der Waals surface area (Å²) in [4.78, 5) is 12.3. The predicted molar refractivity (Wildman–Crippen MR) is 123 cm³/mol. The molecular weight excluding hydrogens is 426 g/mol. The standard InChI is InChI=1S/C24H21N3O4S/c1-16-7-11-18(12-8-16)30-19-13-9-17(10-14-19)25-22(28)15-32-24-27-26-23(31-24)20-5-3-4-6-21(20)29-2/h3-14H,15H2,1-2H3,(H,25,28). The van der Waals surface area contributed by atoms with Crippen LogP contribution in [0.2, 0.25) is 0 Å². The fourth-order valence-corrected chi connectivity index (χ4v) is 3.43. The van der Waals surface area contributed by atoms with Crippen LogP contribution in [0.4, 0.5) is 5.69 Å². The molecule has 4 rings (SSSR count). The van der Waals surface area contributed by atoms with Crippen molar-refractivity contribution in [2.24, 2.45) is 0 Å². The van der Waals surface area contributed by atoms with Crippen LogP contribution < -0.4 is 14.8 Å². The molecule has 3 aromatic carbocycles. The number of nitrogens with one attached hydrogen (secondary N) is 1. The predicted octanol–water partition coefficient (Wildman–Crippen LogP) is 5.58. The first-order valence-corrected chi connectivity index (χ1v) is 10.8. The second-order valence-corrected chi connectivity index (χ2v) is 7.78. The quantitative estimate of drug-likeness (QED) is 0.353. The topological polar surface area (TPSA) is 86.5 Å². The van der Waals surface area contributed by atoms with Crippen LogP contribution in [-0.4, -0.2) is 29.0 Å². The summed E-state index contributed by atoms with van der Waals surface area (Å²) in [6.45, 7) is 2.03. The Morgan fingerprint density at radius 1 is 0.969 bits per heavy atom. The average Bonchev–Trinajstić information content (AvgIpc) is 3.29. The Morgan fingerprint density at radius 3 is 2.38 bits per heavy atom. The summed E-state index contributed by atoms with van der Waals surface area (Å²) in [5, 5.41) is 11.2. The Kier molecular flexibility index (Phi) is 6.72. The molecular formula is C24H21N3O4S. The highest BCUT2D eigenvalue weighted by atomic mass is 32.2. The van der Waals surface area contributed by atoms with E-state index in [1.807, 2.05) is 55.5 Å². The van der Waals surface area contributed by atoms with Crippen LogP contribution in [-0.2, 0) is 4.79 Å². The molecule has 1 N–H and O–H groups in total. The van der Waals surface area contributed by atoms with Gasteiger partial charge in [0.15, 0.2) is 0 Å². The first-order valence-electron chi connectivity index (χ1n) is 9.85. The van der Waals surface area contributed by atoms with Gasteiger partial charge in [0.25, 0.3) is 11.1 Å². The zero-order valence-corrected chi connectivity index (χ0v) is 18.4. The number of hydrogen-bond acceptors (Lipinski definition) is 7. The van der Waals surface area contributed by atoms with Crippen molar-refractivity contribution >= 4 is 23.4 Å². The molecule has 1 aromatic heterocycles. The molecule has 1 heterocycles. The number of ether oxygens (including phenoxy) is 2. The summed E-state index contributed by atoms with van der Waals surface area (Å²) in [6, 6.07) is 22.4. The normalized spacial score (nSPS) is 10.6. The van der Waals surface area contributed by atoms with Gasteiger partial charge in [-0.05, 0) is 55.5 Å². The van der Waals surface area contributed by atoms with Gasteiger partial charge in [-0.3, -0.25) is 4.79 Å². The van der Waals surface area contributed by atoms with E-state index in [1.165, 1.54) is 5.56 Å². The number of benzene rings is 3. The monoisotopic (exact) mass is 447 g/mol. The zero-order valence-electron chi connectivity index (χ0n) is 17.6. The van der Waals surface area contributed by atoms with Crippen LogP contribution in [0.25, 0.3) is 11.5 Å². The van der Waals surface area contributed by atoms with Gasteiger partial charge in [0.2, 0.25) is 5.91 Å². The van der Waals surface area contributed by atoms with Gasteiger partial charge in [0.05, 0.1) is 18.4 Å². The number of methoxy groups -OCH3 is 1. The molecule has 0 saturated heterocycles. The van der Waals surface area contributed by atoms with Crippen molar-refractivity contribution in [3.05, 3.63) is 78.4 Å². The van der Waals surface area contributed by atoms with E-state index < -0.39 is 0 Å². The summed E-state index contributed by atoms with van der Waals surface area (Å²) < 4.78 is 16.8. The molecule has 7 nitrogen and oxygen atoms in total. The summed E-state index contributed by atoms with van der Waals surface area (Å²) in [7, 11) is 1.58. The molecule has 8 heteroatoms. The summed E-state index contributed by atoms with van der Waals surface area (Å²) >= 11 is 1.16.